The van der Waals surface area contributed by atoms with Gasteiger partial charge in [0.2, 0.25) is 0 Å². The van der Waals surface area contributed by atoms with Crippen molar-refractivity contribution in [2.75, 3.05) is 0 Å². The molecule has 1 aliphatic carbocycles. The number of rotatable bonds is 1. The van der Waals surface area contributed by atoms with E-state index >= 15 is 0 Å². The van der Waals surface area contributed by atoms with Crippen LogP contribution in [0.2, 0.25) is 0 Å². The summed E-state index contributed by atoms with van der Waals surface area (Å²) in [6, 6.07) is 0. The molecule has 1 aliphatic rings. The van der Waals surface area contributed by atoms with Gasteiger partial charge in [-0.2, -0.15) is 0 Å². The van der Waals surface area contributed by atoms with Crippen LogP contribution in [0.3, 0.4) is 0 Å². The van der Waals surface area contributed by atoms with Crippen molar-refractivity contribution in [1.82, 2.24) is 0 Å². The molecule has 0 aliphatic heterocycles. The Bertz CT molecular complexity index is 121. The molecule has 1 saturated carbocycles. The molecule has 0 aromatic rings. The summed E-state index contributed by atoms with van der Waals surface area (Å²) in [6.07, 6.45) is 6.20. The van der Waals surface area contributed by atoms with E-state index in [9.17, 15) is 4.79 Å². The highest BCUT2D eigenvalue weighted by molar-refractivity contribution is 8.16. The minimum atomic E-state index is -0.244. The highest BCUT2D eigenvalue weighted by Gasteiger charge is 2.15. The lowest BCUT2D eigenvalue weighted by molar-refractivity contribution is 0.275. The molecule has 0 spiro atoms. The number of hydrogen-bond donors (Lipinski definition) is 0. The lowest BCUT2D eigenvalue weighted by Gasteiger charge is -2.18. The van der Waals surface area contributed by atoms with E-state index in [0.717, 1.165) is 0 Å². The van der Waals surface area contributed by atoms with Crippen LogP contribution in [0.4, 0.5) is 4.79 Å². The van der Waals surface area contributed by atoms with E-state index in [1.54, 1.807) is 0 Å². The predicted molar refractivity (Wildman–Crippen MR) is 45.7 cm³/mol. The lowest BCUT2D eigenvalue weighted by Crippen LogP contribution is -2.08. The van der Waals surface area contributed by atoms with Crippen LogP contribution >= 0.6 is 23.4 Å². The summed E-state index contributed by atoms with van der Waals surface area (Å²) in [6.45, 7) is 0. The maximum absolute atomic E-state index is 10.4. The van der Waals surface area contributed by atoms with Crippen LogP contribution in [0.1, 0.15) is 32.1 Å². The SMILES string of the molecule is O=C(Cl)SC1CCCCC1. The van der Waals surface area contributed by atoms with Crippen molar-refractivity contribution in [3.05, 3.63) is 0 Å². The Hall–Kier alpha value is 0.310. The van der Waals surface area contributed by atoms with E-state index < -0.39 is 0 Å². The maximum Gasteiger partial charge on any atom is 0.279 e. The second-order valence-corrected chi connectivity index (χ2v) is 4.46. The van der Waals surface area contributed by atoms with Gasteiger partial charge in [0.25, 0.3) is 4.57 Å². The molecule has 0 saturated heterocycles. The van der Waals surface area contributed by atoms with Crippen LogP contribution < -0.4 is 0 Å². The summed E-state index contributed by atoms with van der Waals surface area (Å²) in [5.41, 5.74) is 0. The zero-order valence-corrected chi connectivity index (χ0v) is 7.38. The highest BCUT2D eigenvalue weighted by atomic mass is 35.5. The molecule has 1 rings (SSSR count). The summed E-state index contributed by atoms with van der Waals surface area (Å²) in [7, 11) is 0. The van der Waals surface area contributed by atoms with Gasteiger partial charge in [0.1, 0.15) is 0 Å². The third kappa shape index (κ3) is 2.93. The molecule has 0 radical (unpaired) electrons. The van der Waals surface area contributed by atoms with Crippen LogP contribution in [0.5, 0.6) is 0 Å². The third-order valence-electron chi connectivity index (χ3n) is 1.81. The number of thioether (sulfide) groups is 1. The van der Waals surface area contributed by atoms with Gasteiger partial charge < -0.3 is 0 Å². The molecule has 10 heavy (non-hydrogen) atoms. The Morgan fingerprint density at radius 3 is 2.40 bits per heavy atom. The first kappa shape index (κ1) is 8.41. The van der Waals surface area contributed by atoms with Crippen molar-refractivity contribution in [3.8, 4) is 0 Å². The summed E-state index contributed by atoms with van der Waals surface area (Å²) in [5, 5.41) is 0.513. The molecular formula is C7H11ClOS. The summed E-state index contributed by atoms with van der Waals surface area (Å²) in [4.78, 5) is 10.4. The van der Waals surface area contributed by atoms with Gasteiger partial charge in [0.05, 0.1) is 0 Å². The Labute approximate surface area is 70.5 Å². The molecule has 0 heterocycles. The van der Waals surface area contributed by atoms with Crippen molar-refractivity contribution < 1.29 is 4.79 Å². The molecule has 0 aromatic heterocycles. The van der Waals surface area contributed by atoms with Crippen molar-refractivity contribution in [2.24, 2.45) is 0 Å². The van der Waals surface area contributed by atoms with Gasteiger partial charge in [-0.05, 0) is 24.4 Å². The topological polar surface area (TPSA) is 17.1 Å². The van der Waals surface area contributed by atoms with Crippen molar-refractivity contribution in [1.29, 1.82) is 0 Å². The third-order valence-corrected chi connectivity index (χ3v) is 3.07. The van der Waals surface area contributed by atoms with Crippen LogP contribution in [-0.4, -0.2) is 9.82 Å². The number of halogens is 1. The fourth-order valence-electron chi connectivity index (χ4n) is 1.31. The molecule has 0 atom stereocenters. The summed E-state index contributed by atoms with van der Waals surface area (Å²) in [5.74, 6) is 0. The molecule has 0 unspecified atom stereocenters. The zero-order valence-electron chi connectivity index (χ0n) is 5.81. The van der Waals surface area contributed by atoms with Gasteiger partial charge in [0, 0.05) is 5.25 Å². The standard InChI is InChI=1S/C7H11ClOS/c8-7(9)10-6-4-2-1-3-5-6/h6H,1-5H2. The van der Waals surface area contributed by atoms with Crippen LogP contribution in [0, 0.1) is 0 Å². The van der Waals surface area contributed by atoms with Gasteiger partial charge in [-0.15, -0.1) is 0 Å². The maximum atomic E-state index is 10.4. The zero-order chi connectivity index (χ0) is 7.40. The van der Waals surface area contributed by atoms with E-state index in [1.165, 1.54) is 43.9 Å². The fraction of sp³-hybridized carbons (Fsp3) is 0.857. The first-order chi connectivity index (χ1) is 4.79. The second-order valence-electron chi connectivity index (χ2n) is 2.62. The molecule has 1 fully saturated rings. The Kier molecular flexibility index (Phi) is 3.57. The minimum absolute atomic E-state index is 0.244. The van der Waals surface area contributed by atoms with Crippen LogP contribution in [0.15, 0.2) is 0 Å². The molecule has 1 nitrogen and oxygen atoms in total. The first-order valence-electron chi connectivity index (χ1n) is 3.65. The number of hydrogen-bond acceptors (Lipinski definition) is 2. The van der Waals surface area contributed by atoms with Gasteiger partial charge in [0.15, 0.2) is 0 Å². The normalized spacial score (nSPS) is 20.9. The van der Waals surface area contributed by atoms with E-state index in [2.05, 4.69) is 0 Å². The van der Waals surface area contributed by atoms with E-state index in [1.807, 2.05) is 0 Å². The fourth-order valence-corrected chi connectivity index (χ4v) is 2.52. The number of carbonyl (C=O) groups is 1. The van der Waals surface area contributed by atoms with Crippen molar-refractivity contribution >= 4 is 27.9 Å². The van der Waals surface area contributed by atoms with Crippen molar-refractivity contribution in [3.63, 3.8) is 0 Å². The molecule has 0 N–H and O–H groups in total. The Morgan fingerprint density at radius 1 is 1.30 bits per heavy atom. The van der Waals surface area contributed by atoms with E-state index in [4.69, 9.17) is 11.6 Å². The predicted octanol–water partition coefficient (Wildman–Crippen LogP) is 3.41. The Morgan fingerprint density at radius 2 is 1.90 bits per heavy atom. The van der Waals surface area contributed by atoms with Gasteiger partial charge in [-0.25, -0.2) is 0 Å². The van der Waals surface area contributed by atoms with Crippen LogP contribution in [-0.2, 0) is 0 Å². The summed E-state index contributed by atoms with van der Waals surface area (Å²) >= 11 is 6.54. The monoisotopic (exact) mass is 178 g/mol. The van der Waals surface area contributed by atoms with E-state index in [0.29, 0.717) is 5.25 Å². The first-order valence-corrected chi connectivity index (χ1v) is 4.91. The highest BCUT2D eigenvalue weighted by Crippen LogP contribution is 2.29. The van der Waals surface area contributed by atoms with Gasteiger partial charge in [-0.1, -0.05) is 31.0 Å². The average molecular weight is 179 g/mol. The molecule has 0 amide bonds. The molecule has 3 heteroatoms. The summed E-state index contributed by atoms with van der Waals surface area (Å²) < 4.78 is -0.244. The van der Waals surface area contributed by atoms with Crippen LogP contribution in [0.25, 0.3) is 0 Å². The van der Waals surface area contributed by atoms with Gasteiger partial charge in [-0.3, -0.25) is 4.79 Å². The minimum Gasteiger partial charge on any atom is -0.268 e. The number of carbonyl (C=O) groups excluding carboxylic acids is 1. The smallest absolute Gasteiger partial charge is 0.268 e. The molecule has 58 valence electrons. The Balaban J connectivity index is 2.19. The van der Waals surface area contributed by atoms with Crippen molar-refractivity contribution in [2.45, 2.75) is 37.4 Å². The largest absolute Gasteiger partial charge is 0.279 e. The van der Waals surface area contributed by atoms with E-state index in [-0.39, 0.29) is 4.57 Å². The van der Waals surface area contributed by atoms with Gasteiger partial charge >= 0.3 is 0 Å². The second kappa shape index (κ2) is 4.24. The molecule has 0 aromatic carbocycles. The molecule has 0 bridgehead atoms. The average Bonchev–Trinajstić information content (AvgIpc) is 1.88. The quantitative estimate of drug-likeness (QED) is 0.573. The lowest BCUT2D eigenvalue weighted by atomic mass is 10.0. The molecular weight excluding hydrogens is 168 g/mol.